The van der Waals surface area contributed by atoms with Crippen LogP contribution < -0.4 is 20.5 Å². The Hall–Kier alpha value is -2.69. The lowest BCUT2D eigenvalue weighted by Gasteiger charge is -2.18. The van der Waals surface area contributed by atoms with Gasteiger partial charge in [-0.2, -0.15) is 0 Å². The maximum absolute atomic E-state index is 6.24. The summed E-state index contributed by atoms with van der Waals surface area (Å²) in [6.07, 6.45) is 4.90. The fourth-order valence-corrected chi connectivity index (χ4v) is 3.23. The lowest BCUT2D eigenvalue weighted by atomic mass is 10.1. The molecule has 138 valence electrons. The first-order chi connectivity index (χ1) is 12.7. The van der Waals surface area contributed by atoms with Gasteiger partial charge in [0.15, 0.2) is 17.5 Å². The molecule has 0 radical (unpaired) electrons. The zero-order valence-corrected chi connectivity index (χ0v) is 15.5. The van der Waals surface area contributed by atoms with E-state index in [0.29, 0.717) is 12.5 Å². The summed E-state index contributed by atoms with van der Waals surface area (Å²) in [5.41, 5.74) is 9.13. The second-order valence-corrected chi connectivity index (χ2v) is 6.67. The van der Waals surface area contributed by atoms with Crippen LogP contribution in [0, 0.1) is 6.92 Å². The first-order valence-electron chi connectivity index (χ1n) is 9.12. The Bertz CT molecular complexity index is 768. The van der Waals surface area contributed by atoms with Crippen LogP contribution in [-0.4, -0.2) is 19.2 Å². The van der Waals surface area contributed by atoms with Gasteiger partial charge in [-0.3, -0.25) is 0 Å². The summed E-state index contributed by atoms with van der Waals surface area (Å²) >= 11 is 0. The summed E-state index contributed by atoms with van der Waals surface area (Å²) in [6.45, 7) is 2.48. The van der Waals surface area contributed by atoms with Crippen molar-refractivity contribution in [2.75, 3.05) is 12.4 Å². The quantitative estimate of drug-likeness (QED) is 0.602. The van der Waals surface area contributed by atoms with Gasteiger partial charge in [0.2, 0.25) is 0 Å². The third-order valence-corrected chi connectivity index (χ3v) is 4.58. The van der Waals surface area contributed by atoms with Crippen LogP contribution >= 0.6 is 0 Å². The van der Waals surface area contributed by atoms with E-state index in [2.05, 4.69) is 10.3 Å². The number of rotatable bonds is 6. The van der Waals surface area contributed by atoms with Crippen LogP contribution in [0.25, 0.3) is 0 Å². The Morgan fingerprint density at radius 2 is 1.96 bits per heavy atom. The highest BCUT2D eigenvalue weighted by atomic mass is 16.5. The normalized spacial score (nSPS) is 15.1. The maximum atomic E-state index is 6.24. The predicted octanol–water partition coefficient (Wildman–Crippen LogP) is 4.25. The van der Waals surface area contributed by atoms with Crippen molar-refractivity contribution in [2.24, 2.45) is 10.7 Å². The van der Waals surface area contributed by atoms with Crippen molar-refractivity contribution in [1.82, 2.24) is 0 Å². The average molecular weight is 353 g/mol. The minimum absolute atomic E-state index is 0.261. The molecule has 1 saturated carbocycles. The molecule has 1 aliphatic carbocycles. The van der Waals surface area contributed by atoms with E-state index in [-0.39, 0.29) is 6.10 Å². The Morgan fingerprint density at radius 1 is 1.19 bits per heavy atom. The number of hydrogen-bond donors (Lipinski definition) is 2. The van der Waals surface area contributed by atoms with Gasteiger partial charge in [-0.05, 0) is 56.4 Å². The Kier molecular flexibility index (Phi) is 6.00. The number of aliphatic imine (C=N–C) groups is 1. The van der Waals surface area contributed by atoms with Crippen LogP contribution in [0.1, 0.15) is 36.8 Å². The number of aryl methyl sites for hydroxylation is 1. The van der Waals surface area contributed by atoms with E-state index < -0.39 is 0 Å². The average Bonchev–Trinajstić information content (AvgIpc) is 3.14. The van der Waals surface area contributed by atoms with Gasteiger partial charge in [0, 0.05) is 11.3 Å². The minimum Gasteiger partial charge on any atom is -0.493 e. The van der Waals surface area contributed by atoms with Gasteiger partial charge in [0.1, 0.15) is 0 Å². The highest BCUT2D eigenvalue weighted by molar-refractivity contribution is 5.92. The summed E-state index contributed by atoms with van der Waals surface area (Å²) < 4.78 is 11.7. The van der Waals surface area contributed by atoms with Crippen molar-refractivity contribution >= 4 is 11.6 Å². The van der Waals surface area contributed by atoms with Crippen LogP contribution in [0.4, 0.5) is 5.69 Å². The molecule has 0 atom stereocenters. The summed E-state index contributed by atoms with van der Waals surface area (Å²) in [7, 11) is 1.66. The van der Waals surface area contributed by atoms with Crippen molar-refractivity contribution in [3.8, 4) is 11.5 Å². The number of hydrogen-bond acceptors (Lipinski definition) is 3. The molecule has 2 aromatic carbocycles. The fraction of sp³-hybridized carbons (Fsp3) is 0.381. The zero-order chi connectivity index (χ0) is 18.4. The van der Waals surface area contributed by atoms with Crippen LogP contribution in [0.5, 0.6) is 11.5 Å². The van der Waals surface area contributed by atoms with Crippen molar-refractivity contribution in [2.45, 2.75) is 45.3 Å². The van der Waals surface area contributed by atoms with E-state index in [0.717, 1.165) is 35.6 Å². The number of nitrogens with two attached hydrogens (primary N) is 1. The fourth-order valence-electron chi connectivity index (χ4n) is 3.23. The summed E-state index contributed by atoms with van der Waals surface area (Å²) in [5, 5.41) is 3.13. The van der Waals surface area contributed by atoms with E-state index in [4.69, 9.17) is 15.2 Å². The second kappa shape index (κ2) is 8.61. The number of guanidine groups is 1. The van der Waals surface area contributed by atoms with E-state index in [1.54, 1.807) is 7.11 Å². The number of ether oxygens (including phenoxy) is 2. The van der Waals surface area contributed by atoms with E-state index in [1.165, 1.54) is 18.4 Å². The molecule has 5 nitrogen and oxygen atoms in total. The highest BCUT2D eigenvalue weighted by Gasteiger charge is 2.20. The van der Waals surface area contributed by atoms with Gasteiger partial charge < -0.3 is 20.5 Å². The van der Waals surface area contributed by atoms with Crippen LogP contribution in [-0.2, 0) is 6.54 Å². The molecule has 5 heteroatoms. The highest BCUT2D eigenvalue weighted by Crippen LogP contribution is 2.35. The maximum Gasteiger partial charge on any atom is 0.193 e. The number of benzene rings is 2. The Balaban J connectivity index is 1.73. The number of para-hydroxylation sites is 1. The summed E-state index contributed by atoms with van der Waals surface area (Å²) in [5.74, 6) is 1.91. The monoisotopic (exact) mass is 353 g/mol. The second-order valence-electron chi connectivity index (χ2n) is 6.67. The lowest BCUT2D eigenvalue weighted by Crippen LogP contribution is -2.22. The predicted molar refractivity (Wildman–Crippen MR) is 106 cm³/mol. The van der Waals surface area contributed by atoms with E-state index >= 15 is 0 Å². The Labute approximate surface area is 155 Å². The van der Waals surface area contributed by atoms with Gasteiger partial charge in [-0.1, -0.05) is 24.3 Å². The van der Waals surface area contributed by atoms with Gasteiger partial charge in [-0.15, -0.1) is 0 Å². The van der Waals surface area contributed by atoms with Crippen LogP contribution in [0.3, 0.4) is 0 Å². The molecule has 3 rings (SSSR count). The molecule has 2 aromatic rings. The molecular weight excluding hydrogens is 326 g/mol. The standard InChI is InChI=1S/C21H27N3O2/c1-15-7-5-9-17(13-15)24-21(22)23-14-16-8-6-12-19(25-2)20(16)26-18-10-3-4-11-18/h5-9,12-13,18H,3-4,10-11,14H2,1-2H3,(H3,22,23,24). The molecule has 0 bridgehead atoms. The van der Waals surface area contributed by atoms with Gasteiger partial charge in [0.05, 0.1) is 19.8 Å². The summed E-state index contributed by atoms with van der Waals surface area (Å²) in [4.78, 5) is 4.48. The van der Waals surface area contributed by atoms with Crippen molar-refractivity contribution in [3.63, 3.8) is 0 Å². The molecule has 26 heavy (non-hydrogen) atoms. The van der Waals surface area contributed by atoms with Gasteiger partial charge >= 0.3 is 0 Å². The SMILES string of the molecule is COc1cccc(CN=C(N)Nc2cccc(C)c2)c1OC1CCCC1. The molecule has 0 aliphatic heterocycles. The number of nitrogens with one attached hydrogen (secondary N) is 1. The van der Waals surface area contributed by atoms with E-state index in [9.17, 15) is 0 Å². The minimum atomic E-state index is 0.261. The Morgan fingerprint density at radius 3 is 2.69 bits per heavy atom. The molecule has 0 amide bonds. The van der Waals surface area contributed by atoms with Crippen molar-refractivity contribution < 1.29 is 9.47 Å². The van der Waals surface area contributed by atoms with Gasteiger partial charge in [-0.25, -0.2) is 4.99 Å². The number of methoxy groups -OCH3 is 1. The molecule has 0 saturated heterocycles. The third kappa shape index (κ3) is 4.69. The van der Waals surface area contributed by atoms with Crippen LogP contribution in [0.15, 0.2) is 47.5 Å². The number of nitrogens with zero attached hydrogens (tertiary/aromatic N) is 1. The van der Waals surface area contributed by atoms with E-state index in [1.807, 2.05) is 49.4 Å². The molecule has 3 N–H and O–H groups in total. The molecular formula is C21H27N3O2. The van der Waals surface area contributed by atoms with Crippen LogP contribution in [0.2, 0.25) is 0 Å². The zero-order valence-electron chi connectivity index (χ0n) is 15.5. The topological polar surface area (TPSA) is 68.9 Å². The van der Waals surface area contributed by atoms with Crippen molar-refractivity contribution in [3.05, 3.63) is 53.6 Å². The first kappa shape index (κ1) is 18.1. The number of anilines is 1. The lowest BCUT2D eigenvalue weighted by molar-refractivity contribution is 0.198. The summed E-state index contributed by atoms with van der Waals surface area (Å²) in [6, 6.07) is 13.9. The molecule has 0 spiro atoms. The van der Waals surface area contributed by atoms with Crippen molar-refractivity contribution in [1.29, 1.82) is 0 Å². The smallest absolute Gasteiger partial charge is 0.193 e. The molecule has 1 aliphatic rings. The first-order valence-corrected chi connectivity index (χ1v) is 9.12. The molecule has 0 aromatic heterocycles. The third-order valence-electron chi connectivity index (χ3n) is 4.58. The largest absolute Gasteiger partial charge is 0.493 e. The molecule has 1 fully saturated rings. The van der Waals surface area contributed by atoms with Gasteiger partial charge in [0.25, 0.3) is 0 Å². The molecule has 0 heterocycles. The molecule has 0 unspecified atom stereocenters.